The van der Waals surface area contributed by atoms with Crippen LogP contribution in [0.25, 0.3) is 0 Å². The third kappa shape index (κ3) is 2.35. The second-order valence-corrected chi connectivity index (χ2v) is 1.48. The predicted octanol–water partition coefficient (Wildman–Crippen LogP) is 0.874. The maximum atomic E-state index is 10.7. The molecule has 0 heterocycles. The smallest absolute Gasteiger partial charge is 0.351 e. The standard InChI is InChI=1S/C7H10O3/c1-4-6(10-5-2)7(8)9-3/h4-6H,1-2H2,3H3. The number of ether oxygens (including phenoxy) is 2. The van der Waals surface area contributed by atoms with Crippen molar-refractivity contribution in [1.29, 1.82) is 0 Å². The first-order valence-electron chi connectivity index (χ1n) is 2.73. The number of rotatable bonds is 4. The van der Waals surface area contributed by atoms with Crippen LogP contribution in [0.4, 0.5) is 0 Å². The second kappa shape index (κ2) is 4.61. The van der Waals surface area contributed by atoms with Crippen LogP contribution in [0.3, 0.4) is 0 Å². The van der Waals surface area contributed by atoms with E-state index in [-0.39, 0.29) is 0 Å². The molecule has 0 fully saturated rings. The zero-order valence-electron chi connectivity index (χ0n) is 5.87. The topological polar surface area (TPSA) is 35.5 Å². The van der Waals surface area contributed by atoms with Crippen LogP contribution in [0.2, 0.25) is 0 Å². The largest absolute Gasteiger partial charge is 0.483 e. The van der Waals surface area contributed by atoms with Gasteiger partial charge >= 0.3 is 5.97 Å². The predicted molar refractivity (Wildman–Crippen MR) is 37.3 cm³/mol. The monoisotopic (exact) mass is 142 g/mol. The van der Waals surface area contributed by atoms with Gasteiger partial charge < -0.3 is 9.47 Å². The molecule has 0 N–H and O–H groups in total. The molecule has 0 aliphatic carbocycles. The number of hydrogen-bond donors (Lipinski definition) is 0. The normalized spacial score (nSPS) is 11.3. The quantitative estimate of drug-likeness (QED) is 0.332. The molecular weight excluding hydrogens is 132 g/mol. The van der Waals surface area contributed by atoms with Crippen LogP contribution in [-0.2, 0) is 14.3 Å². The average molecular weight is 142 g/mol. The highest BCUT2D eigenvalue weighted by Crippen LogP contribution is 1.95. The molecule has 0 aromatic heterocycles. The summed E-state index contributed by atoms with van der Waals surface area (Å²) in [6.07, 6.45) is 1.78. The number of esters is 1. The van der Waals surface area contributed by atoms with Gasteiger partial charge in [0.05, 0.1) is 13.4 Å². The summed E-state index contributed by atoms with van der Waals surface area (Å²) in [5.74, 6) is -0.477. The molecule has 0 aliphatic heterocycles. The lowest BCUT2D eigenvalue weighted by atomic mass is 10.3. The van der Waals surface area contributed by atoms with E-state index in [0.29, 0.717) is 0 Å². The third-order valence-corrected chi connectivity index (χ3v) is 0.890. The van der Waals surface area contributed by atoms with Gasteiger partial charge in [0.15, 0.2) is 0 Å². The van der Waals surface area contributed by atoms with E-state index >= 15 is 0 Å². The van der Waals surface area contributed by atoms with Crippen molar-refractivity contribution in [3.05, 3.63) is 25.5 Å². The molecule has 0 aromatic rings. The molecule has 0 saturated heterocycles. The Morgan fingerprint density at radius 3 is 2.50 bits per heavy atom. The third-order valence-electron chi connectivity index (χ3n) is 0.890. The molecule has 0 aromatic carbocycles. The van der Waals surface area contributed by atoms with E-state index in [1.165, 1.54) is 19.4 Å². The van der Waals surface area contributed by atoms with Crippen LogP contribution in [0, 0.1) is 0 Å². The molecular formula is C7H10O3. The van der Waals surface area contributed by atoms with Gasteiger partial charge in [-0.3, -0.25) is 0 Å². The van der Waals surface area contributed by atoms with Crippen LogP contribution < -0.4 is 0 Å². The molecule has 0 radical (unpaired) electrons. The van der Waals surface area contributed by atoms with Crippen LogP contribution in [-0.4, -0.2) is 19.2 Å². The van der Waals surface area contributed by atoms with Crippen LogP contribution in [0.15, 0.2) is 25.5 Å². The molecule has 56 valence electrons. The van der Waals surface area contributed by atoms with Crippen LogP contribution >= 0.6 is 0 Å². The van der Waals surface area contributed by atoms with E-state index in [4.69, 9.17) is 4.74 Å². The SMILES string of the molecule is C=COC(C=C)C(=O)OC. The summed E-state index contributed by atoms with van der Waals surface area (Å²) in [5.41, 5.74) is 0. The highest BCUT2D eigenvalue weighted by Gasteiger charge is 2.13. The fourth-order valence-electron chi connectivity index (χ4n) is 0.427. The van der Waals surface area contributed by atoms with E-state index in [1.807, 2.05) is 0 Å². The van der Waals surface area contributed by atoms with Gasteiger partial charge in [-0.05, 0) is 6.08 Å². The Labute approximate surface area is 59.9 Å². The Kier molecular flexibility index (Phi) is 4.04. The highest BCUT2D eigenvalue weighted by atomic mass is 16.6. The molecule has 0 spiro atoms. The summed E-state index contributed by atoms with van der Waals surface area (Å²) in [7, 11) is 1.28. The molecule has 0 amide bonds. The fraction of sp³-hybridized carbons (Fsp3) is 0.286. The van der Waals surface area contributed by atoms with Crippen molar-refractivity contribution in [1.82, 2.24) is 0 Å². The lowest BCUT2D eigenvalue weighted by Gasteiger charge is -2.07. The van der Waals surface area contributed by atoms with E-state index in [2.05, 4.69) is 17.9 Å². The Bertz CT molecular complexity index is 140. The molecule has 1 atom stereocenters. The Morgan fingerprint density at radius 1 is 1.60 bits per heavy atom. The van der Waals surface area contributed by atoms with Crippen molar-refractivity contribution < 1.29 is 14.3 Å². The van der Waals surface area contributed by atoms with Crippen molar-refractivity contribution in [3.63, 3.8) is 0 Å². The van der Waals surface area contributed by atoms with Gasteiger partial charge in [0.1, 0.15) is 0 Å². The molecule has 1 unspecified atom stereocenters. The summed E-state index contributed by atoms with van der Waals surface area (Å²) in [4.78, 5) is 10.7. The van der Waals surface area contributed by atoms with Gasteiger partial charge in [0.2, 0.25) is 6.10 Å². The molecule has 0 rings (SSSR count). The summed E-state index contributed by atoms with van der Waals surface area (Å²) in [5, 5.41) is 0. The van der Waals surface area contributed by atoms with Gasteiger partial charge in [0.25, 0.3) is 0 Å². The fourth-order valence-corrected chi connectivity index (χ4v) is 0.427. The number of carbonyl (C=O) groups excluding carboxylic acids is 1. The van der Waals surface area contributed by atoms with Crippen molar-refractivity contribution in [2.75, 3.05) is 7.11 Å². The first-order valence-corrected chi connectivity index (χ1v) is 2.73. The van der Waals surface area contributed by atoms with Crippen molar-refractivity contribution in [2.24, 2.45) is 0 Å². The minimum atomic E-state index is -0.734. The second-order valence-electron chi connectivity index (χ2n) is 1.48. The van der Waals surface area contributed by atoms with Crippen molar-refractivity contribution in [2.45, 2.75) is 6.10 Å². The average Bonchev–Trinajstić information content (AvgIpc) is 1.99. The number of hydrogen-bond acceptors (Lipinski definition) is 3. The molecule has 0 bridgehead atoms. The van der Waals surface area contributed by atoms with Gasteiger partial charge in [-0.25, -0.2) is 4.79 Å². The number of methoxy groups -OCH3 is 1. The summed E-state index contributed by atoms with van der Waals surface area (Å²) < 4.78 is 9.09. The highest BCUT2D eigenvalue weighted by molar-refractivity contribution is 5.76. The summed E-state index contributed by atoms with van der Waals surface area (Å²) >= 11 is 0. The van der Waals surface area contributed by atoms with Crippen LogP contribution in [0.5, 0.6) is 0 Å². The molecule has 10 heavy (non-hydrogen) atoms. The first-order chi connectivity index (χ1) is 4.76. The van der Waals surface area contributed by atoms with Crippen LogP contribution in [0.1, 0.15) is 0 Å². The van der Waals surface area contributed by atoms with E-state index < -0.39 is 12.1 Å². The lowest BCUT2D eigenvalue weighted by molar-refractivity contribution is -0.148. The van der Waals surface area contributed by atoms with Gasteiger partial charge in [-0.1, -0.05) is 13.2 Å². The summed E-state index contributed by atoms with van der Waals surface area (Å²) in [6, 6.07) is 0. The van der Waals surface area contributed by atoms with Gasteiger partial charge in [-0.2, -0.15) is 0 Å². The van der Waals surface area contributed by atoms with E-state index in [9.17, 15) is 4.79 Å². The number of carbonyl (C=O) groups is 1. The Balaban J connectivity index is 3.91. The molecule has 3 heteroatoms. The van der Waals surface area contributed by atoms with E-state index in [1.54, 1.807) is 0 Å². The van der Waals surface area contributed by atoms with Gasteiger partial charge in [0, 0.05) is 0 Å². The van der Waals surface area contributed by atoms with E-state index in [0.717, 1.165) is 0 Å². The molecule has 3 nitrogen and oxygen atoms in total. The zero-order chi connectivity index (χ0) is 7.98. The first kappa shape index (κ1) is 8.75. The molecule has 0 saturated carbocycles. The zero-order valence-corrected chi connectivity index (χ0v) is 5.87. The molecule has 0 aliphatic rings. The Morgan fingerprint density at radius 2 is 2.20 bits per heavy atom. The maximum absolute atomic E-state index is 10.7. The lowest BCUT2D eigenvalue weighted by Crippen LogP contribution is -2.20. The van der Waals surface area contributed by atoms with Crippen molar-refractivity contribution in [3.8, 4) is 0 Å². The summed E-state index contributed by atoms with van der Waals surface area (Å²) in [6.45, 7) is 6.66. The van der Waals surface area contributed by atoms with Gasteiger partial charge in [-0.15, -0.1) is 0 Å². The maximum Gasteiger partial charge on any atom is 0.351 e. The Hall–Kier alpha value is -1.25. The minimum absolute atomic E-state index is 0.477. The minimum Gasteiger partial charge on any atom is -0.483 e. The van der Waals surface area contributed by atoms with Crippen molar-refractivity contribution >= 4 is 5.97 Å².